The number of hydrogen-bond acceptors (Lipinski definition) is 5. The van der Waals surface area contributed by atoms with Crippen molar-refractivity contribution in [3.63, 3.8) is 0 Å². The number of nitrogens with zero attached hydrogens (tertiary/aromatic N) is 1. The normalized spacial score (nSPS) is 12.2. The summed E-state index contributed by atoms with van der Waals surface area (Å²) in [5.74, 6) is -2.86. The van der Waals surface area contributed by atoms with Gasteiger partial charge in [-0.25, -0.2) is 18.0 Å². The van der Waals surface area contributed by atoms with Gasteiger partial charge in [0.05, 0.1) is 16.7 Å². The lowest BCUT2D eigenvalue weighted by atomic mass is 10.1. The molecule has 10 heteroatoms. The van der Waals surface area contributed by atoms with Gasteiger partial charge >= 0.3 is 5.97 Å². The molecule has 0 radical (unpaired) electrons. The second kappa shape index (κ2) is 6.19. The van der Waals surface area contributed by atoms with Gasteiger partial charge in [0.25, 0.3) is 12.1 Å². The number of nitrogens with one attached hydrogen (secondary N) is 1. The Bertz CT molecular complexity index is 538. The molecule has 0 aliphatic rings. The molecule has 3 N–H and O–H groups in total. The van der Waals surface area contributed by atoms with Crippen molar-refractivity contribution in [3.05, 3.63) is 33.6 Å². The zero-order valence-corrected chi connectivity index (χ0v) is 9.72. The maximum Gasteiger partial charge on any atom is 0.342 e. The number of anilines is 1. The van der Waals surface area contributed by atoms with Gasteiger partial charge in [-0.3, -0.25) is 10.1 Å². The summed E-state index contributed by atoms with van der Waals surface area (Å²) in [6, 6.07) is 0.967. The lowest BCUT2D eigenvalue weighted by Crippen LogP contribution is -2.27. The molecule has 0 heterocycles. The largest absolute Gasteiger partial charge is 0.477 e. The van der Waals surface area contributed by atoms with Crippen LogP contribution in [0, 0.1) is 15.9 Å². The number of carboxylic acid groups (broad SMARTS) is 1. The van der Waals surface area contributed by atoms with Crippen LogP contribution in [0.15, 0.2) is 12.1 Å². The van der Waals surface area contributed by atoms with E-state index in [-0.39, 0.29) is 0 Å². The third-order valence-electron chi connectivity index (χ3n) is 2.30. The first-order valence-corrected chi connectivity index (χ1v) is 5.15. The Morgan fingerprint density at radius 3 is 2.50 bits per heavy atom. The number of aromatic carboxylic acids is 1. The molecule has 1 atom stereocenters. The van der Waals surface area contributed by atoms with Gasteiger partial charge in [-0.2, -0.15) is 0 Å². The van der Waals surface area contributed by atoms with Crippen LogP contribution in [0.4, 0.5) is 24.5 Å². The fraction of sp³-hybridized carbons (Fsp3) is 0.300. The van der Waals surface area contributed by atoms with Gasteiger partial charge in [-0.05, 0) is 6.07 Å². The van der Waals surface area contributed by atoms with Crippen molar-refractivity contribution in [2.45, 2.75) is 12.5 Å². The second-order valence-electron chi connectivity index (χ2n) is 3.69. The molecule has 20 heavy (non-hydrogen) atoms. The van der Waals surface area contributed by atoms with Crippen molar-refractivity contribution >= 4 is 17.3 Å². The highest BCUT2D eigenvalue weighted by Gasteiger charge is 2.24. The van der Waals surface area contributed by atoms with Gasteiger partial charge in [-0.15, -0.1) is 0 Å². The quantitative estimate of drug-likeness (QED) is 0.541. The predicted octanol–water partition coefficient (Wildman–Crippen LogP) is 1.47. The van der Waals surface area contributed by atoms with Gasteiger partial charge in [0.1, 0.15) is 11.7 Å². The van der Waals surface area contributed by atoms with E-state index in [1.54, 1.807) is 0 Å². The Morgan fingerprint density at radius 1 is 1.45 bits per heavy atom. The zero-order valence-electron chi connectivity index (χ0n) is 9.72. The van der Waals surface area contributed by atoms with Gasteiger partial charge in [0.2, 0.25) is 0 Å². The molecular formula is C10H9F3N2O5. The Hall–Kier alpha value is -2.36. The molecule has 0 fully saturated rings. The summed E-state index contributed by atoms with van der Waals surface area (Å²) in [6.07, 6.45) is -5.15. The lowest BCUT2D eigenvalue weighted by Gasteiger charge is -2.12. The van der Waals surface area contributed by atoms with Gasteiger partial charge in [0, 0.05) is 6.54 Å². The molecule has 1 unspecified atom stereocenters. The van der Waals surface area contributed by atoms with E-state index in [0.29, 0.717) is 12.1 Å². The topological polar surface area (TPSA) is 113 Å². The molecule has 0 saturated carbocycles. The highest BCUT2D eigenvalue weighted by molar-refractivity contribution is 5.93. The molecule has 0 spiro atoms. The molecule has 0 saturated heterocycles. The van der Waals surface area contributed by atoms with Crippen molar-refractivity contribution in [3.8, 4) is 0 Å². The van der Waals surface area contributed by atoms with E-state index in [1.165, 1.54) is 0 Å². The number of carboxylic acids is 1. The van der Waals surface area contributed by atoms with Crippen LogP contribution in [-0.4, -0.2) is 40.2 Å². The minimum Gasteiger partial charge on any atom is -0.477 e. The Balaban J connectivity index is 3.07. The van der Waals surface area contributed by atoms with Crippen molar-refractivity contribution < 1.29 is 33.1 Å². The standard InChI is InChI=1S/C10H9F3N2O5/c11-5-2-7(15(19)20)4(10(17)18)1-6(5)14-3-8(16)9(12)13/h1-2,8-9,14,16H,3H2,(H,17,18). The molecule has 0 aromatic heterocycles. The predicted molar refractivity (Wildman–Crippen MR) is 60.5 cm³/mol. The molecule has 1 aromatic carbocycles. The first-order chi connectivity index (χ1) is 9.23. The first-order valence-electron chi connectivity index (χ1n) is 5.15. The third-order valence-corrected chi connectivity index (χ3v) is 2.30. The van der Waals surface area contributed by atoms with E-state index in [0.717, 1.165) is 0 Å². The first kappa shape index (κ1) is 15.7. The molecule has 1 rings (SSSR count). The molecular weight excluding hydrogens is 285 g/mol. The number of aliphatic hydroxyl groups is 1. The average molecular weight is 294 g/mol. The van der Waals surface area contributed by atoms with Crippen LogP contribution in [0.1, 0.15) is 10.4 Å². The summed E-state index contributed by atoms with van der Waals surface area (Å²) in [4.78, 5) is 20.3. The minimum atomic E-state index is -3.07. The minimum absolute atomic E-state index is 0.362. The molecule has 0 aliphatic heterocycles. The molecule has 1 aromatic rings. The maximum absolute atomic E-state index is 13.5. The number of hydrogen-bond donors (Lipinski definition) is 3. The van der Waals surface area contributed by atoms with Crippen LogP contribution in [0.3, 0.4) is 0 Å². The molecule has 0 aliphatic carbocycles. The summed E-state index contributed by atoms with van der Waals surface area (Å²) in [6.45, 7) is -0.745. The van der Waals surface area contributed by atoms with Crippen molar-refractivity contribution in [2.24, 2.45) is 0 Å². The van der Waals surface area contributed by atoms with Crippen LogP contribution in [-0.2, 0) is 0 Å². The number of aliphatic hydroxyl groups excluding tert-OH is 1. The van der Waals surface area contributed by atoms with E-state index < -0.39 is 52.7 Å². The molecule has 7 nitrogen and oxygen atoms in total. The van der Waals surface area contributed by atoms with Crippen molar-refractivity contribution in [1.29, 1.82) is 0 Å². The van der Waals surface area contributed by atoms with E-state index in [1.807, 2.05) is 0 Å². The summed E-state index contributed by atoms with van der Waals surface area (Å²) in [5.41, 5.74) is -2.30. The zero-order chi connectivity index (χ0) is 15.4. The summed E-state index contributed by atoms with van der Waals surface area (Å²) >= 11 is 0. The smallest absolute Gasteiger partial charge is 0.342 e. The lowest BCUT2D eigenvalue weighted by molar-refractivity contribution is -0.385. The van der Waals surface area contributed by atoms with Crippen molar-refractivity contribution in [2.75, 3.05) is 11.9 Å². The number of carbonyl (C=O) groups is 1. The highest BCUT2D eigenvalue weighted by Crippen LogP contribution is 2.26. The third kappa shape index (κ3) is 3.57. The Morgan fingerprint density at radius 2 is 2.05 bits per heavy atom. The van der Waals surface area contributed by atoms with Crippen LogP contribution < -0.4 is 5.32 Å². The fourth-order valence-corrected chi connectivity index (χ4v) is 1.32. The summed E-state index contributed by atoms with van der Waals surface area (Å²) < 4.78 is 37.6. The summed E-state index contributed by atoms with van der Waals surface area (Å²) in [5, 5.41) is 30.2. The number of nitro groups is 1. The van der Waals surface area contributed by atoms with Gasteiger partial charge < -0.3 is 15.5 Å². The number of rotatable bonds is 6. The number of benzene rings is 1. The highest BCUT2D eigenvalue weighted by atomic mass is 19.3. The monoisotopic (exact) mass is 294 g/mol. The fourth-order valence-electron chi connectivity index (χ4n) is 1.32. The molecule has 0 amide bonds. The van der Waals surface area contributed by atoms with E-state index in [4.69, 9.17) is 10.2 Å². The summed E-state index contributed by atoms with van der Waals surface area (Å²) in [7, 11) is 0. The van der Waals surface area contributed by atoms with Gasteiger partial charge in [-0.1, -0.05) is 0 Å². The van der Waals surface area contributed by atoms with Gasteiger partial charge in [0.15, 0.2) is 5.82 Å². The molecule has 110 valence electrons. The van der Waals surface area contributed by atoms with Crippen LogP contribution in [0.5, 0.6) is 0 Å². The SMILES string of the molecule is O=C(O)c1cc(NCC(O)C(F)F)c(F)cc1[N+](=O)[O-]. The number of nitro benzene ring substituents is 1. The van der Waals surface area contributed by atoms with E-state index in [9.17, 15) is 28.1 Å². The van der Waals surface area contributed by atoms with Crippen LogP contribution >= 0.6 is 0 Å². The maximum atomic E-state index is 13.5. The van der Waals surface area contributed by atoms with Crippen LogP contribution in [0.25, 0.3) is 0 Å². The Labute approximate surface area is 109 Å². The average Bonchev–Trinajstić information content (AvgIpc) is 2.35. The van der Waals surface area contributed by atoms with E-state index in [2.05, 4.69) is 5.32 Å². The molecule has 0 bridgehead atoms. The van der Waals surface area contributed by atoms with Crippen molar-refractivity contribution in [1.82, 2.24) is 0 Å². The second-order valence-corrected chi connectivity index (χ2v) is 3.69. The van der Waals surface area contributed by atoms with Crippen LogP contribution in [0.2, 0.25) is 0 Å². The number of halogens is 3. The van der Waals surface area contributed by atoms with E-state index >= 15 is 0 Å². The Kier molecular flexibility index (Phi) is 4.86. The number of alkyl halides is 2.